The number of hydrogen-bond donors (Lipinski definition) is 1. The van der Waals surface area contributed by atoms with Gasteiger partial charge in [0.1, 0.15) is 23.8 Å². The molecule has 1 aliphatic rings. The molecule has 0 unspecified atom stereocenters. The maximum absolute atomic E-state index is 14.8. The zero-order valence-corrected chi connectivity index (χ0v) is 24.8. The molecule has 4 aromatic rings. The van der Waals surface area contributed by atoms with Crippen molar-refractivity contribution in [1.29, 1.82) is 0 Å². The molecule has 10 heteroatoms. The van der Waals surface area contributed by atoms with Crippen molar-refractivity contribution >= 4 is 16.9 Å². The number of rotatable bonds is 13. The molecule has 2 atom stereocenters. The number of carbonyl (C=O) groups excluding carboxylic acids is 1. The third-order valence-corrected chi connectivity index (χ3v) is 8.15. The summed E-state index contributed by atoms with van der Waals surface area (Å²) in [7, 11) is 1.86. The fourth-order valence-corrected chi connectivity index (χ4v) is 5.86. The lowest BCUT2D eigenvalue weighted by Gasteiger charge is -2.30. The summed E-state index contributed by atoms with van der Waals surface area (Å²) in [5.41, 5.74) is 2.57. The molecule has 1 N–H and O–H groups in total. The van der Waals surface area contributed by atoms with E-state index in [4.69, 9.17) is 9.47 Å². The second-order valence-corrected chi connectivity index (χ2v) is 11.3. The predicted octanol–water partition coefficient (Wildman–Crippen LogP) is 6.15. The van der Waals surface area contributed by atoms with E-state index in [1.165, 1.54) is 12.3 Å². The number of amides is 1. The minimum absolute atomic E-state index is 0.130. The van der Waals surface area contributed by atoms with E-state index in [2.05, 4.69) is 19.9 Å². The van der Waals surface area contributed by atoms with Gasteiger partial charge in [0.2, 0.25) is 5.91 Å². The molecule has 0 bridgehead atoms. The molecule has 1 saturated carbocycles. The molecule has 228 valence electrons. The Morgan fingerprint density at radius 1 is 1.12 bits per heavy atom. The summed E-state index contributed by atoms with van der Waals surface area (Å²) in [6.07, 6.45) is 9.49. The number of nitrogens with zero attached hydrogens (tertiary/aromatic N) is 4. The molecule has 8 nitrogen and oxygen atoms in total. The lowest BCUT2D eigenvalue weighted by Crippen LogP contribution is -2.31. The van der Waals surface area contributed by atoms with Gasteiger partial charge in [-0.3, -0.25) is 4.79 Å². The normalized spacial score (nSPS) is 16.8. The molecule has 43 heavy (non-hydrogen) atoms. The number of aromatic amines is 1. The summed E-state index contributed by atoms with van der Waals surface area (Å²) < 4.78 is 39.7. The highest BCUT2D eigenvalue weighted by molar-refractivity contribution is 5.91. The standard InChI is InChI=1S/C33H39F2N5O3/c1-3-42-12-13-43-26-9-5-6-22(15-26)10-11-40(2)31(41)17-24-8-4-7-23(14-24)16-30-29(35)21-38-33(39-30)28-20-37-32-27(28)18-25(34)19-36-32/h5-6,9,15,18-21,23-24H,3-4,7-8,10-14,16-17H2,1-2H3,(H,36,37)/t23-,24+/m0/s1. The Kier molecular flexibility index (Phi) is 10.3. The van der Waals surface area contributed by atoms with Crippen LogP contribution in [0.1, 0.15) is 50.3 Å². The highest BCUT2D eigenvalue weighted by atomic mass is 19.1. The Balaban J connectivity index is 1.14. The van der Waals surface area contributed by atoms with Gasteiger partial charge >= 0.3 is 0 Å². The van der Waals surface area contributed by atoms with Crippen LogP contribution in [-0.4, -0.2) is 64.2 Å². The molecule has 1 aliphatic carbocycles. The molecule has 0 radical (unpaired) electrons. The van der Waals surface area contributed by atoms with Crippen LogP contribution < -0.4 is 4.74 Å². The Hall–Kier alpha value is -3.92. The first kappa shape index (κ1) is 30.5. The minimum atomic E-state index is -0.461. The number of benzene rings is 1. The lowest BCUT2D eigenvalue weighted by molar-refractivity contribution is -0.131. The van der Waals surface area contributed by atoms with Crippen molar-refractivity contribution in [2.24, 2.45) is 11.8 Å². The molecule has 3 heterocycles. The van der Waals surface area contributed by atoms with E-state index in [9.17, 15) is 13.6 Å². The molecule has 0 aliphatic heterocycles. The SMILES string of the molecule is CCOCCOc1cccc(CCN(C)C(=O)C[C@@H]2CCC[C@H](Cc3nc(-c4c[nH]c5ncc(F)cc45)ncc3F)C2)c1. The van der Waals surface area contributed by atoms with Gasteiger partial charge in [-0.05, 0) is 68.2 Å². The zero-order valence-electron chi connectivity index (χ0n) is 24.8. The average molecular weight is 592 g/mol. The smallest absolute Gasteiger partial charge is 0.222 e. The highest BCUT2D eigenvalue weighted by Crippen LogP contribution is 2.34. The van der Waals surface area contributed by atoms with Crippen LogP contribution in [-0.2, 0) is 22.4 Å². The number of nitrogens with one attached hydrogen (secondary N) is 1. The second kappa shape index (κ2) is 14.5. The average Bonchev–Trinajstić information content (AvgIpc) is 3.42. The van der Waals surface area contributed by atoms with Crippen molar-refractivity contribution in [3.63, 3.8) is 0 Å². The van der Waals surface area contributed by atoms with Crippen molar-refractivity contribution in [3.05, 3.63) is 71.8 Å². The molecule has 0 saturated heterocycles. The fraction of sp³-hybridized carbons (Fsp3) is 0.455. The molecule has 3 aromatic heterocycles. The number of fused-ring (bicyclic) bond motifs is 1. The number of pyridine rings is 1. The van der Waals surface area contributed by atoms with Crippen molar-refractivity contribution < 1.29 is 23.0 Å². The number of likely N-dealkylation sites (N-methyl/N-ethyl adjacent to an activating group) is 1. The van der Waals surface area contributed by atoms with Crippen LogP contribution in [0.4, 0.5) is 8.78 Å². The number of H-pyrrole nitrogens is 1. The van der Waals surface area contributed by atoms with Gasteiger partial charge in [-0.2, -0.15) is 0 Å². The van der Waals surface area contributed by atoms with Gasteiger partial charge in [0.05, 0.1) is 24.7 Å². The summed E-state index contributed by atoms with van der Waals surface area (Å²) in [4.78, 5) is 30.7. The Morgan fingerprint density at radius 2 is 1.98 bits per heavy atom. The van der Waals surface area contributed by atoms with Crippen LogP contribution in [0.5, 0.6) is 5.75 Å². The van der Waals surface area contributed by atoms with E-state index in [1.54, 1.807) is 6.20 Å². The van der Waals surface area contributed by atoms with Crippen molar-refractivity contribution in [2.75, 3.05) is 33.4 Å². The van der Waals surface area contributed by atoms with Crippen molar-refractivity contribution in [1.82, 2.24) is 24.8 Å². The van der Waals surface area contributed by atoms with E-state index in [0.717, 1.165) is 49.6 Å². The molecule has 5 rings (SSSR count). The summed E-state index contributed by atoms with van der Waals surface area (Å²) in [5.74, 6) is 0.836. The van der Waals surface area contributed by atoms with Gasteiger partial charge in [-0.1, -0.05) is 25.0 Å². The zero-order chi connectivity index (χ0) is 30.2. The van der Waals surface area contributed by atoms with Crippen LogP contribution in [0.2, 0.25) is 0 Å². The maximum Gasteiger partial charge on any atom is 0.222 e. The molecule has 1 aromatic carbocycles. The van der Waals surface area contributed by atoms with E-state index >= 15 is 0 Å². The van der Waals surface area contributed by atoms with Crippen LogP contribution in [0.25, 0.3) is 22.4 Å². The minimum Gasteiger partial charge on any atom is -0.491 e. The van der Waals surface area contributed by atoms with Gasteiger partial charge in [0.15, 0.2) is 11.6 Å². The third kappa shape index (κ3) is 8.13. The Labute approximate surface area is 250 Å². The summed E-state index contributed by atoms with van der Waals surface area (Å²) >= 11 is 0. The van der Waals surface area contributed by atoms with Crippen LogP contribution in [0, 0.1) is 23.5 Å². The first-order valence-corrected chi connectivity index (χ1v) is 15.1. The summed E-state index contributed by atoms with van der Waals surface area (Å²) in [5, 5.41) is 0.552. The van der Waals surface area contributed by atoms with E-state index in [1.807, 2.05) is 43.1 Å². The monoisotopic (exact) mass is 591 g/mol. The van der Waals surface area contributed by atoms with E-state index in [0.29, 0.717) is 67.3 Å². The number of halogens is 2. The quantitative estimate of drug-likeness (QED) is 0.188. The first-order valence-electron chi connectivity index (χ1n) is 15.1. The van der Waals surface area contributed by atoms with Gasteiger partial charge in [-0.15, -0.1) is 0 Å². The molecule has 0 spiro atoms. The molecule has 1 amide bonds. The van der Waals surface area contributed by atoms with Crippen LogP contribution in [0.3, 0.4) is 0 Å². The number of hydrogen-bond acceptors (Lipinski definition) is 6. The summed E-state index contributed by atoms with van der Waals surface area (Å²) in [6.45, 7) is 4.31. The van der Waals surface area contributed by atoms with Crippen molar-refractivity contribution in [3.8, 4) is 17.1 Å². The van der Waals surface area contributed by atoms with Crippen LogP contribution in [0.15, 0.2) is 48.9 Å². The van der Waals surface area contributed by atoms with E-state index in [-0.39, 0.29) is 17.7 Å². The van der Waals surface area contributed by atoms with Gasteiger partial charge in [-0.25, -0.2) is 23.7 Å². The van der Waals surface area contributed by atoms with E-state index < -0.39 is 11.6 Å². The number of carbonyl (C=O) groups is 1. The van der Waals surface area contributed by atoms with Crippen LogP contribution >= 0.6 is 0 Å². The molecule has 1 fully saturated rings. The number of ether oxygens (including phenoxy) is 2. The van der Waals surface area contributed by atoms with Gasteiger partial charge in [0.25, 0.3) is 0 Å². The second-order valence-electron chi connectivity index (χ2n) is 11.3. The maximum atomic E-state index is 14.8. The van der Waals surface area contributed by atoms with Crippen molar-refractivity contribution in [2.45, 2.75) is 51.9 Å². The molecular weight excluding hydrogens is 552 g/mol. The Bertz CT molecular complexity index is 1530. The van der Waals surface area contributed by atoms with Gasteiger partial charge < -0.3 is 19.4 Å². The largest absolute Gasteiger partial charge is 0.491 e. The third-order valence-electron chi connectivity index (χ3n) is 8.15. The fourth-order valence-electron chi connectivity index (χ4n) is 5.86. The van der Waals surface area contributed by atoms with Gasteiger partial charge in [0, 0.05) is 43.8 Å². The molecular formula is C33H39F2N5O3. The predicted molar refractivity (Wildman–Crippen MR) is 161 cm³/mol. The Morgan fingerprint density at radius 3 is 2.84 bits per heavy atom. The first-order chi connectivity index (χ1) is 20.9. The number of aromatic nitrogens is 4. The topological polar surface area (TPSA) is 93.2 Å². The lowest BCUT2D eigenvalue weighted by atomic mass is 9.77. The highest BCUT2D eigenvalue weighted by Gasteiger charge is 2.27. The summed E-state index contributed by atoms with van der Waals surface area (Å²) in [6, 6.07) is 9.33.